The first kappa shape index (κ1) is 13.3. The first-order valence-corrected chi connectivity index (χ1v) is 6.92. The highest BCUT2D eigenvalue weighted by Gasteiger charge is 2.07. The quantitative estimate of drug-likeness (QED) is 0.777. The van der Waals surface area contributed by atoms with Crippen molar-refractivity contribution in [2.45, 2.75) is 19.4 Å². The summed E-state index contributed by atoms with van der Waals surface area (Å²) in [6.07, 6.45) is 3.11. The van der Waals surface area contributed by atoms with E-state index >= 15 is 0 Å². The van der Waals surface area contributed by atoms with Crippen LogP contribution >= 0.6 is 0 Å². The van der Waals surface area contributed by atoms with Crippen LogP contribution in [0, 0.1) is 0 Å². The van der Waals surface area contributed by atoms with Gasteiger partial charge in [0.1, 0.15) is 0 Å². The molecule has 106 valence electrons. The highest BCUT2D eigenvalue weighted by atomic mass is 16.1. The molecule has 5 heteroatoms. The maximum Gasteiger partial charge on any atom is 0.220 e. The van der Waals surface area contributed by atoms with Crippen LogP contribution in [0.4, 0.5) is 0 Å². The lowest BCUT2D eigenvalue weighted by atomic mass is 10.1. The average Bonchev–Trinajstić information content (AvgIpc) is 2.95. The van der Waals surface area contributed by atoms with Gasteiger partial charge < -0.3 is 5.32 Å². The summed E-state index contributed by atoms with van der Waals surface area (Å²) in [4.78, 5) is 11.9. The Morgan fingerprint density at radius 1 is 1.05 bits per heavy atom. The lowest BCUT2D eigenvalue weighted by molar-refractivity contribution is -0.121. The highest BCUT2D eigenvalue weighted by Crippen LogP contribution is 2.04. The first-order chi connectivity index (χ1) is 10.3. The Balaban J connectivity index is 1.54. The molecule has 0 atom stereocenters. The molecule has 5 nitrogen and oxygen atoms in total. The van der Waals surface area contributed by atoms with E-state index in [-0.39, 0.29) is 5.91 Å². The number of carbonyl (C=O) groups excluding carboxylic acids is 1. The van der Waals surface area contributed by atoms with Crippen molar-refractivity contribution in [1.29, 1.82) is 0 Å². The maximum atomic E-state index is 11.9. The largest absolute Gasteiger partial charge is 0.349 e. The molecule has 1 amide bonds. The summed E-state index contributed by atoms with van der Waals surface area (Å²) in [5, 5.41) is 11.0. The normalized spacial score (nSPS) is 10.7. The Labute approximate surface area is 122 Å². The molecular weight excluding hydrogens is 264 g/mol. The predicted molar refractivity (Wildman–Crippen MR) is 79.6 cm³/mol. The van der Waals surface area contributed by atoms with Gasteiger partial charge in [0.2, 0.25) is 5.91 Å². The van der Waals surface area contributed by atoms with Crippen LogP contribution in [0.2, 0.25) is 0 Å². The number of aryl methyl sites for hydroxylation is 1. The minimum absolute atomic E-state index is 0.0199. The van der Waals surface area contributed by atoms with E-state index in [1.807, 2.05) is 59.1 Å². The van der Waals surface area contributed by atoms with E-state index in [4.69, 9.17) is 0 Å². The zero-order valence-corrected chi connectivity index (χ0v) is 11.6. The van der Waals surface area contributed by atoms with Gasteiger partial charge in [0, 0.05) is 12.6 Å². The van der Waals surface area contributed by atoms with Crippen LogP contribution in [0.5, 0.6) is 0 Å². The summed E-state index contributed by atoms with van der Waals surface area (Å²) in [6, 6.07) is 15.7. The number of rotatable bonds is 5. The average molecular weight is 280 g/mol. The number of pyridine rings is 1. The van der Waals surface area contributed by atoms with E-state index in [9.17, 15) is 4.79 Å². The molecule has 0 saturated heterocycles. The van der Waals surface area contributed by atoms with Crippen molar-refractivity contribution in [3.63, 3.8) is 0 Å². The Hall–Kier alpha value is -2.69. The smallest absolute Gasteiger partial charge is 0.220 e. The first-order valence-electron chi connectivity index (χ1n) is 6.92. The number of amides is 1. The number of benzene rings is 1. The molecule has 0 aliphatic rings. The van der Waals surface area contributed by atoms with Gasteiger partial charge in [-0.3, -0.25) is 9.20 Å². The number of aromatic nitrogens is 3. The number of hydrogen-bond donors (Lipinski definition) is 1. The second kappa shape index (κ2) is 6.17. The lowest BCUT2D eigenvalue weighted by Gasteiger charge is -2.04. The second-order valence-corrected chi connectivity index (χ2v) is 4.81. The Kier molecular flexibility index (Phi) is 3.91. The van der Waals surface area contributed by atoms with Gasteiger partial charge >= 0.3 is 0 Å². The molecule has 0 unspecified atom stereocenters. The molecule has 2 aromatic heterocycles. The number of nitrogens with zero attached hydrogens (tertiary/aromatic N) is 3. The fourth-order valence-corrected chi connectivity index (χ4v) is 2.18. The standard InChI is InChI=1S/C16H16N4O/c21-16(10-9-13-6-2-1-3-7-13)17-12-15-19-18-14-8-4-5-11-20(14)15/h1-8,11H,9-10,12H2,(H,17,21). The Morgan fingerprint density at radius 3 is 2.71 bits per heavy atom. The minimum Gasteiger partial charge on any atom is -0.349 e. The molecule has 0 fully saturated rings. The van der Waals surface area contributed by atoms with Crippen LogP contribution in [-0.2, 0) is 17.8 Å². The van der Waals surface area contributed by atoms with Gasteiger partial charge in [-0.2, -0.15) is 0 Å². The third kappa shape index (κ3) is 3.25. The number of carbonyl (C=O) groups is 1. The highest BCUT2D eigenvalue weighted by molar-refractivity contribution is 5.76. The Bertz CT molecular complexity index is 736. The molecule has 0 aliphatic carbocycles. The van der Waals surface area contributed by atoms with Gasteiger partial charge in [0.05, 0.1) is 6.54 Å². The summed E-state index contributed by atoms with van der Waals surface area (Å²) in [6.45, 7) is 0.388. The summed E-state index contributed by atoms with van der Waals surface area (Å²) in [5.41, 5.74) is 1.95. The van der Waals surface area contributed by atoms with Crippen LogP contribution in [0.15, 0.2) is 54.7 Å². The molecule has 2 heterocycles. The molecule has 1 aromatic carbocycles. The zero-order valence-electron chi connectivity index (χ0n) is 11.6. The third-order valence-corrected chi connectivity index (χ3v) is 3.31. The fourth-order valence-electron chi connectivity index (χ4n) is 2.18. The van der Waals surface area contributed by atoms with Crippen molar-refractivity contribution < 1.29 is 4.79 Å². The van der Waals surface area contributed by atoms with Gasteiger partial charge in [-0.1, -0.05) is 36.4 Å². The molecule has 21 heavy (non-hydrogen) atoms. The second-order valence-electron chi connectivity index (χ2n) is 4.81. The monoisotopic (exact) mass is 280 g/mol. The molecule has 3 rings (SSSR count). The van der Waals surface area contributed by atoms with Crippen molar-refractivity contribution in [1.82, 2.24) is 19.9 Å². The molecule has 0 spiro atoms. The number of nitrogens with one attached hydrogen (secondary N) is 1. The molecule has 0 radical (unpaired) electrons. The number of hydrogen-bond acceptors (Lipinski definition) is 3. The van der Waals surface area contributed by atoms with Crippen molar-refractivity contribution in [2.24, 2.45) is 0 Å². The minimum atomic E-state index is 0.0199. The van der Waals surface area contributed by atoms with Crippen molar-refractivity contribution in [3.8, 4) is 0 Å². The fraction of sp³-hybridized carbons (Fsp3) is 0.188. The lowest BCUT2D eigenvalue weighted by Crippen LogP contribution is -2.24. The summed E-state index contributed by atoms with van der Waals surface area (Å²) in [5.74, 6) is 0.755. The topological polar surface area (TPSA) is 59.3 Å². The third-order valence-electron chi connectivity index (χ3n) is 3.31. The van der Waals surface area contributed by atoms with E-state index in [1.54, 1.807) is 0 Å². The summed E-state index contributed by atoms with van der Waals surface area (Å²) >= 11 is 0. The van der Waals surface area contributed by atoms with Gasteiger partial charge in [-0.15, -0.1) is 10.2 Å². The van der Waals surface area contributed by atoms with Crippen molar-refractivity contribution in [3.05, 3.63) is 66.1 Å². The van der Waals surface area contributed by atoms with E-state index < -0.39 is 0 Å². The summed E-state index contributed by atoms with van der Waals surface area (Å²) in [7, 11) is 0. The van der Waals surface area contributed by atoms with E-state index in [0.29, 0.717) is 13.0 Å². The SMILES string of the molecule is O=C(CCc1ccccc1)NCc1nnc2ccccn12. The van der Waals surface area contributed by atoms with Crippen LogP contribution in [0.1, 0.15) is 17.8 Å². The molecule has 1 N–H and O–H groups in total. The molecule has 0 aliphatic heterocycles. The van der Waals surface area contributed by atoms with Crippen LogP contribution in [-0.4, -0.2) is 20.5 Å². The van der Waals surface area contributed by atoms with E-state index in [2.05, 4.69) is 15.5 Å². The van der Waals surface area contributed by atoms with Crippen LogP contribution < -0.4 is 5.32 Å². The Morgan fingerprint density at radius 2 is 1.86 bits per heavy atom. The van der Waals surface area contributed by atoms with Crippen LogP contribution in [0.25, 0.3) is 5.65 Å². The molecular formula is C16H16N4O. The van der Waals surface area contributed by atoms with Crippen molar-refractivity contribution >= 4 is 11.6 Å². The van der Waals surface area contributed by atoms with Gasteiger partial charge in [-0.05, 0) is 24.1 Å². The molecule has 3 aromatic rings. The van der Waals surface area contributed by atoms with E-state index in [0.717, 1.165) is 17.9 Å². The number of fused-ring (bicyclic) bond motifs is 1. The molecule has 0 bridgehead atoms. The van der Waals surface area contributed by atoms with Gasteiger partial charge in [0.25, 0.3) is 0 Å². The summed E-state index contributed by atoms with van der Waals surface area (Å²) < 4.78 is 1.87. The maximum absolute atomic E-state index is 11.9. The van der Waals surface area contributed by atoms with Gasteiger partial charge in [-0.25, -0.2) is 0 Å². The van der Waals surface area contributed by atoms with Crippen molar-refractivity contribution in [2.75, 3.05) is 0 Å². The van der Waals surface area contributed by atoms with Gasteiger partial charge in [0.15, 0.2) is 11.5 Å². The zero-order chi connectivity index (χ0) is 14.5. The van der Waals surface area contributed by atoms with Crippen LogP contribution in [0.3, 0.4) is 0 Å². The molecule has 0 saturated carbocycles. The van der Waals surface area contributed by atoms with E-state index in [1.165, 1.54) is 5.56 Å². The predicted octanol–water partition coefficient (Wildman–Crippen LogP) is 1.98.